The number of hydrogen-bond donors (Lipinski definition) is 2. The third kappa shape index (κ3) is 5.05. The highest BCUT2D eigenvalue weighted by Crippen LogP contribution is 2.41. The van der Waals surface area contributed by atoms with Crippen LogP contribution in [-0.4, -0.2) is 34.7 Å². The molecule has 0 saturated carbocycles. The second-order valence-corrected chi connectivity index (χ2v) is 7.87. The molecule has 2 atom stereocenters. The topological polar surface area (TPSA) is 65.7 Å². The molecule has 8 heteroatoms. The normalized spacial score (nSPS) is 20.0. The Balaban J connectivity index is 1.66. The lowest BCUT2D eigenvalue weighted by Crippen LogP contribution is -2.46. The maximum Gasteiger partial charge on any atom is 0.425 e. The number of alkyl halides is 3. The van der Waals surface area contributed by atoms with Crippen LogP contribution >= 0.6 is 0 Å². The van der Waals surface area contributed by atoms with Crippen molar-refractivity contribution >= 4 is 5.91 Å². The highest BCUT2D eigenvalue weighted by Gasteiger charge is 2.58. The third-order valence-corrected chi connectivity index (χ3v) is 5.72. The highest BCUT2D eigenvalue weighted by atomic mass is 19.4. The van der Waals surface area contributed by atoms with Crippen molar-refractivity contribution in [3.05, 3.63) is 59.5 Å². The molecule has 1 aliphatic heterocycles. The van der Waals surface area contributed by atoms with Crippen LogP contribution in [0.1, 0.15) is 49.5 Å². The molecule has 1 fully saturated rings. The zero-order valence-electron chi connectivity index (χ0n) is 16.9. The summed E-state index contributed by atoms with van der Waals surface area (Å²) in [7, 11) is 0. The summed E-state index contributed by atoms with van der Waals surface area (Å²) in [6, 6.07) is 10.3. The number of likely N-dealkylation sites (tertiary alicyclic amines) is 1. The molecular formula is C22H27F3N2O3. The largest absolute Gasteiger partial charge is 0.466 e. The number of amides is 1. The number of hydrogen-bond acceptors (Lipinski definition) is 4. The number of halogens is 3. The minimum Gasteiger partial charge on any atom is -0.466 e. The maximum absolute atomic E-state index is 13.5. The predicted molar refractivity (Wildman–Crippen MR) is 105 cm³/mol. The van der Waals surface area contributed by atoms with Gasteiger partial charge in [0, 0.05) is 19.1 Å². The number of rotatable bonds is 7. The number of piperidine rings is 1. The Morgan fingerprint density at radius 2 is 1.93 bits per heavy atom. The summed E-state index contributed by atoms with van der Waals surface area (Å²) in [5.41, 5.74) is -1.50. The minimum atomic E-state index is -5.05. The van der Waals surface area contributed by atoms with Crippen LogP contribution in [0.25, 0.3) is 0 Å². The molecular weight excluding hydrogens is 397 g/mol. The van der Waals surface area contributed by atoms with Crippen molar-refractivity contribution in [2.24, 2.45) is 0 Å². The van der Waals surface area contributed by atoms with Gasteiger partial charge in [-0.3, -0.25) is 9.69 Å². The van der Waals surface area contributed by atoms with E-state index < -0.39 is 29.9 Å². The molecule has 2 unspecified atom stereocenters. The molecule has 0 spiro atoms. The fourth-order valence-electron chi connectivity index (χ4n) is 3.83. The SMILES string of the molecule is CC1CCCCN1Cc1ccccc1CNC(=O)CC(O)(c1ccco1)C(F)(F)F. The van der Waals surface area contributed by atoms with Crippen LogP contribution in [0, 0.1) is 0 Å². The molecule has 0 bridgehead atoms. The number of furan rings is 1. The Morgan fingerprint density at radius 1 is 1.20 bits per heavy atom. The number of carbonyl (C=O) groups is 1. The van der Waals surface area contributed by atoms with Crippen LogP contribution in [0.4, 0.5) is 13.2 Å². The Hall–Kier alpha value is -2.32. The molecule has 2 aromatic rings. The van der Waals surface area contributed by atoms with Gasteiger partial charge in [0.15, 0.2) is 0 Å². The molecule has 3 rings (SSSR count). The van der Waals surface area contributed by atoms with E-state index in [-0.39, 0.29) is 6.54 Å². The first-order valence-corrected chi connectivity index (χ1v) is 10.1. The Labute approximate surface area is 173 Å². The number of carbonyl (C=O) groups excluding carboxylic acids is 1. The van der Waals surface area contributed by atoms with Crippen LogP contribution in [0.5, 0.6) is 0 Å². The van der Waals surface area contributed by atoms with E-state index in [0.717, 1.165) is 49.4 Å². The second kappa shape index (κ2) is 9.22. The molecule has 0 aliphatic carbocycles. The van der Waals surface area contributed by atoms with Crippen molar-refractivity contribution in [3.63, 3.8) is 0 Å². The van der Waals surface area contributed by atoms with Gasteiger partial charge in [-0.25, -0.2) is 0 Å². The first-order valence-electron chi connectivity index (χ1n) is 10.1. The van der Waals surface area contributed by atoms with Crippen LogP contribution in [0.15, 0.2) is 47.1 Å². The zero-order chi connectivity index (χ0) is 21.8. The summed E-state index contributed by atoms with van der Waals surface area (Å²) >= 11 is 0. The van der Waals surface area contributed by atoms with Gasteiger partial charge in [-0.05, 0) is 49.6 Å². The summed E-state index contributed by atoms with van der Waals surface area (Å²) in [4.78, 5) is 14.7. The summed E-state index contributed by atoms with van der Waals surface area (Å²) in [5.74, 6) is -1.61. The average molecular weight is 424 g/mol. The Bertz CT molecular complexity index is 838. The van der Waals surface area contributed by atoms with Gasteiger partial charge in [0.2, 0.25) is 11.5 Å². The van der Waals surface area contributed by atoms with Gasteiger partial charge in [0.25, 0.3) is 0 Å². The molecule has 1 amide bonds. The molecule has 1 aromatic heterocycles. The Morgan fingerprint density at radius 3 is 2.57 bits per heavy atom. The van der Waals surface area contributed by atoms with Crippen LogP contribution in [0.3, 0.4) is 0 Å². The van der Waals surface area contributed by atoms with E-state index in [9.17, 15) is 23.1 Å². The average Bonchev–Trinajstić information content (AvgIpc) is 3.23. The van der Waals surface area contributed by atoms with Gasteiger partial charge in [-0.2, -0.15) is 13.2 Å². The number of nitrogens with zero attached hydrogens (tertiary/aromatic N) is 1. The molecule has 1 aliphatic rings. The quantitative estimate of drug-likeness (QED) is 0.702. The van der Waals surface area contributed by atoms with Crippen molar-refractivity contribution in [2.45, 2.75) is 63.5 Å². The summed E-state index contributed by atoms with van der Waals surface area (Å²) in [6.07, 6.45) is -1.69. The van der Waals surface area contributed by atoms with Crippen molar-refractivity contribution in [2.75, 3.05) is 6.54 Å². The molecule has 2 N–H and O–H groups in total. The number of benzene rings is 1. The van der Waals surface area contributed by atoms with Crippen LogP contribution in [0.2, 0.25) is 0 Å². The zero-order valence-corrected chi connectivity index (χ0v) is 16.9. The lowest BCUT2D eigenvalue weighted by Gasteiger charge is -2.33. The van der Waals surface area contributed by atoms with Gasteiger partial charge in [0.05, 0.1) is 12.7 Å². The van der Waals surface area contributed by atoms with Gasteiger partial charge in [0.1, 0.15) is 5.76 Å². The van der Waals surface area contributed by atoms with Crippen molar-refractivity contribution in [1.29, 1.82) is 0 Å². The van der Waals surface area contributed by atoms with Crippen molar-refractivity contribution < 1.29 is 27.5 Å². The lowest BCUT2D eigenvalue weighted by molar-refractivity contribution is -0.273. The van der Waals surface area contributed by atoms with Crippen molar-refractivity contribution in [1.82, 2.24) is 10.2 Å². The molecule has 1 saturated heterocycles. The molecule has 30 heavy (non-hydrogen) atoms. The second-order valence-electron chi connectivity index (χ2n) is 7.87. The van der Waals surface area contributed by atoms with E-state index in [0.29, 0.717) is 6.04 Å². The summed E-state index contributed by atoms with van der Waals surface area (Å²) in [6.45, 7) is 4.01. The van der Waals surface area contributed by atoms with Gasteiger partial charge >= 0.3 is 6.18 Å². The standard InChI is InChI=1S/C22H27F3N2O3/c1-16-7-4-5-11-27(16)15-18-9-3-2-8-17(18)14-26-20(28)13-21(29,22(23,24)25)19-10-6-12-30-19/h2-3,6,8-10,12,16,29H,4-5,7,11,13-15H2,1H3,(H,26,28). The molecule has 1 aromatic carbocycles. The van der Waals surface area contributed by atoms with E-state index in [1.807, 2.05) is 24.3 Å². The van der Waals surface area contributed by atoms with E-state index in [1.54, 1.807) is 0 Å². The highest BCUT2D eigenvalue weighted by molar-refractivity contribution is 5.77. The summed E-state index contributed by atoms with van der Waals surface area (Å²) < 4.78 is 45.1. The molecule has 5 nitrogen and oxygen atoms in total. The van der Waals surface area contributed by atoms with E-state index in [2.05, 4.69) is 17.1 Å². The van der Waals surface area contributed by atoms with Crippen LogP contribution < -0.4 is 5.32 Å². The smallest absolute Gasteiger partial charge is 0.425 e. The van der Waals surface area contributed by atoms with Gasteiger partial charge in [-0.1, -0.05) is 30.7 Å². The molecule has 2 heterocycles. The first-order chi connectivity index (χ1) is 14.2. The molecule has 0 radical (unpaired) electrons. The first kappa shape index (κ1) is 22.4. The minimum absolute atomic E-state index is 0.0866. The third-order valence-electron chi connectivity index (χ3n) is 5.72. The molecule has 164 valence electrons. The van der Waals surface area contributed by atoms with E-state index in [4.69, 9.17) is 4.42 Å². The maximum atomic E-state index is 13.5. The van der Waals surface area contributed by atoms with Crippen molar-refractivity contribution in [3.8, 4) is 0 Å². The number of aliphatic hydroxyl groups is 1. The van der Waals surface area contributed by atoms with E-state index >= 15 is 0 Å². The monoisotopic (exact) mass is 424 g/mol. The number of nitrogens with one attached hydrogen (secondary N) is 1. The van der Waals surface area contributed by atoms with Gasteiger partial charge < -0.3 is 14.8 Å². The summed E-state index contributed by atoms with van der Waals surface area (Å²) in [5, 5.41) is 12.7. The van der Waals surface area contributed by atoms with Gasteiger partial charge in [-0.15, -0.1) is 0 Å². The predicted octanol–water partition coefficient (Wildman–Crippen LogP) is 4.11. The fraction of sp³-hybridized carbons (Fsp3) is 0.500. The fourth-order valence-corrected chi connectivity index (χ4v) is 3.83. The van der Waals surface area contributed by atoms with Crippen LogP contribution in [-0.2, 0) is 23.5 Å². The van der Waals surface area contributed by atoms with E-state index in [1.165, 1.54) is 12.5 Å². The lowest BCUT2D eigenvalue weighted by atomic mass is 9.95. The Kier molecular flexibility index (Phi) is 6.88.